The van der Waals surface area contributed by atoms with Gasteiger partial charge in [0.15, 0.2) is 0 Å². The molecular weight excluding hydrogens is 439 g/mol. The molecule has 0 spiro atoms. The summed E-state index contributed by atoms with van der Waals surface area (Å²) in [6.07, 6.45) is 0.513. The molecule has 0 aliphatic rings. The second kappa shape index (κ2) is 9.49. The van der Waals surface area contributed by atoms with Crippen LogP contribution in [0, 0.1) is 19.7 Å². The van der Waals surface area contributed by atoms with Gasteiger partial charge in [-0.3, -0.25) is 9.52 Å². The summed E-state index contributed by atoms with van der Waals surface area (Å²) in [5.41, 5.74) is 3.44. The van der Waals surface area contributed by atoms with Gasteiger partial charge in [0, 0.05) is 17.8 Å². The van der Waals surface area contributed by atoms with Crippen molar-refractivity contribution in [1.82, 2.24) is 5.32 Å². The largest absolute Gasteiger partial charge is 0.352 e. The predicted octanol–water partition coefficient (Wildman–Crippen LogP) is 4.87. The minimum atomic E-state index is -3.99. The van der Waals surface area contributed by atoms with Gasteiger partial charge in [-0.05, 0) is 79.4 Å². The zero-order valence-electron chi connectivity index (χ0n) is 17.1. The fourth-order valence-electron chi connectivity index (χ4n) is 2.94. The van der Waals surface area contributed by atoms with Gasteiger partial charge in [-0.15, -0.1) is 0 Å². The molecule has 1 amide bonds. The lowest BCUT2D eigenvalue weighted by Gasteiger charge is -2.12. The van der Waals surface area contributed by atoms with Crippen LogP contribution < -0.4 is 10.0 Å². The molecule has 0 saturated carbocycles. The summed E-state index contributed by atoms with van der Waals surface area (Å²) < 4.78 is 41.2. The van der Waals surface area contributed by atoms with Crippen LogP contribution in [0.3, 0.4) is 0 Å². The summed E-state index contributed by atoms with van der Waals surface area (Å²) in [6.45, 7) is 4.13. The lowest BCUT2D eigenvalue weighted by Crippen LogP contribution is -2.26. The Balaban J connectivity index is 1.72. The number of aryl methyl sites for hydroxylation is 2. The third-order valence-corrected chi connectivity index (χ3v) is 6.72. The zero-order chi connectivity index (χ0) is 22.6. The maximum absolute atomic E-state index is 13.0. The lowest BCUT2D eigenvalue weighted by molar-refractivity contribution is 0.0954. The third kappa shape index (κ3) is 5.83. The number of carbonyl (C=O) groups is 1. The number of halogens is 2. The van der Waals surface area contributed by atoms with Crippen molar-refractivity contribution in [3.63, 3.8) is 0 Å². The van der Waals surface area contributed by atoms with E-state index in [1.165, 1.54) is 30.3 Å². The average molecular weight is 461 g/mol. The highest BCUT2D eigenvalue weighted by Gasteiger charge is 2.20. The molecule has 0 unspecified atom stereocenters. The Morgan fingerprint density at radius 3 is 2.35 bits per heavy atom. The van der Waals surface area contributed by atoms with E-state index in [0.717, 1.165) is 16.7 Å². The van der Waals surface area contributed by atoms with E-state index >= 15 is 0 Å². The molecule has 0 aromatic heterocycles. The molecule has 8 heteroatoms. The fourth-order valence-corrected chi connectivity index (χ4v) is 4.52. The maximum Gasteiger partial charge on any atom is 0.263 e. The Hall–Kier alpha value is -2.90. The monoisotopic (exact) mass is 460 g/mol. The number of rotatable bonds is 7. The lowest BCUT2D eigenvalue weighted by atomic mass is 10.1. The standard InChI is InChI=1S/C23H22ClFN2O3S/c1-15-3-9-20(13-16(15)2)27-31(29,30)22-14-18(6-10-21(22)24)23(28)26-12-11-17-4-7-19(25)8-5-17/h3-10,13-14,27H,11-12H2,1-2H3,(H,26,28). The van der Waals surface area contributed by atoms with Gasteiger partial charge in [0.2, 0.25) is 0 Å². The summed E-state index contributed by atoms with van der Waals surface area (Å²) in [6, 6.07) is 15.3. The van der Waals surface area contributed by atoms with Crippen LogP contribution in [0.25, 0.3) is 0 Å². The average Bonchev–Trinajstić information content (AvgIpc) is 2.72. The molecule has 0 saturated heterocycles. The maximum atomic E-state index is 13.0. The van der Waals surface area contributed by atoms with Gasteiger partial charge in [0.25, 0.3) is 15.9 Å². The van der Waals surface area contributed by atoms with E-state index in [-0.39, 0.29) is 21.3 Å². The molecule has 5 nitrogen and oxygen atoms in total. The Bertz CT molecular complexity index is 1210. The molecule has 2 N–H and O–H groups in total. The topological polar surface area (TPSA) is 75.3 Å². The van der Waals surface area contributed by atoms with Crippen molar-refractivity contribution in [2.45, 2.75) is 25.2 Å². The van der Waals surface area contributed by atoms with Crippen LogP contribution in [-0.2, 0) is 16.4 Å². The van der Waals surface area contributed by atoms with Gasteiger partial charge >= 0.3 is 0 Å². The normalized spacial score (nSPS) is 11.2. The molecule has 0 bridgehead atoms. The second-order valence-corrected chi connectivity index (χ2v) is 9.24. The van der Waals surface area contributed by atoms with E-state index in [1.807, 2.05) is 19.9 Å². The first-order chi connectivity index (χ1) is 14.7. The summed E-state index contributed by atoms with van der Waals surface area (Å²) in [7, 11) is -3.99. The minimum Gasteiger partial charge on any atom is -0.352 e. The van der Waals surface area contributed by atoms with Crippen molar-refractivity contribution in [3.05, 3.63) is 93.8 Å². The van der Waals surface area contributed by atoms with Crippen molar-refractivity contribution in [1.29, 1.82) is 0 Å². The van der Waals surface area contributed by atoms with Crippen LogP contribution >= 0.6 is 11.6 Å². The summed E-state index contributed by atoms with van der Waals surface area (Å²) >= 11 is 6.12. The van der Waals surface area contributed by atoms with Crippen molar-refractivity contribution < 1.29 is 17.6 Å². The molecule has 31 heavy (non-hydrogen) atoms. The molecule has 162 valence electrons. The van der Waals surface area contributed by atoms with E-state index in [9.17, 15) is 17.6 Å². The SMILES string of the molecule is Cc1ccc(NS(=O)(=O)c2cc(C(=O)NCCc3ccc(F)cc3)ccc2Cl)cc1C. The number of sulfonamides is 1. The van der Waals surface area contributed by atoms with Gasteiger partial charge in [0.05, 0.1) is 5.02 Å². The van der Waals surface area contributed by atoms with E-state index in [2.05, 4.69) is 10.0 Å². The molecule has 0 aliphatic heterocycles. The molecule has 3 aromatic carbocycles. The van der Waals surface area contributed by atoms with E-state index < -0.39 is 15.9 Å². The molecule has 3 rings (SSSR count). The highest BCUT2D eigenvalue weighted by Crippen LogP contribution is 2.26. The van der Waals surface area contributed by atoms with Crippen LogP contribution in [0.1, 0.15) is 27.0 Å². The Morgan fingerprint density at radius 1 is 0.968 bits per heavy atom. The van der Waals surface area contributed by atoms with Crippen molar-refractivity contribution in [2.75, 3.05) is 11.3 Å². The predicted molar refractivity (Wildman–Crippen MR) is 121 cm³/mol. The summed E-state index contributed by atoms with van der Waals surface area (Å²) in [5, 5.41) is 2.75. The molecule has 0 fully saturated rings. The van der Waals surface area contributed by atoms with E-state index in [0.29, 0.717) is 18.7 Å². The van der Waals surface area contributed by atoms with Crippen LogP contribution in [-0.4, -0.2) is 20.9 Å². The molecular formula is C23H22ClFN2O3S. The number of nitrogens with one attached hydrogen (secondary N) is 2. The molecule has 0 aliphatic carbocycles. The first kappa shape index (κ1) is 22.8. The highest BCUT2D eigenvalue weighted by molar-refractivity contribution is 7.92. The van der Waals surface area contributed by atoms with Gasteiger partial charge in [-0.1, -0.05) is 29.8 Å². The van der Waals surface area contributed by atoms with E-state index in [4.69, 9.17) is 11.6 Å². The first-order valence-electron chi connectivity index (χ1n) is 9.58. The molecule has 0 atom stereocenters. The van der Waals surface area contributed by atoms with Crippen LogP contribution in [0.2, 0.25) is 5.02 Å². The van der Waals surface area contributed by atoms with Crippen LogP contribution in [0.4, 0.5) is 10.1 Å². The zero-order valence-corrected chi connectivity index (χ0v) is 18.6. The Labute approximate surface area is 186 Å². The number of benzene rings is 3. The summed E-state index contributed by atoms with van der Waals surface area (Å²) in [5.74, 6) is -0.751. The number of carbonyl (C=O) groups excluding carboxylic acids is 1. The molecule has 0 heterocycles. The van der Waals surface area contributed by atoms with Crippen molar-refractivity contribution in [3.8, 4) is 0 Å². The number of hydrogen-bond acceptors (Lipinski definition) is 3. The quantitative estimate of drug-likeness (QED) is 0.528. The van der Waals surface area contributed by atoms with E-state index in [1.54, 1.807) is 24.3 Å². The number of amides is 1. The molecule has 0 radical (unpaired) electrons. The van der Waals surface area contributed by atoms with Crippen molar-refractivity contribution >= 4 is 33.2 Å². The first-order valence-corrected chi connectivity index (χ1v) is 11.4. The number of hydrogen-bond donors (Lipinski definition) is 2. The Morgan fingerprint density at radius 2 is 1.68 bits per heavy atom. The van der Waals surface area contributed by atoms with Crippen LogP contribution in [0.5, 0.6) is 0 Å². The van der Waals surface area contributed by atoms with Crippen LogP contribution in [0.15, 0.2) is 65.6 Å². The number of anilines is 1. The third-order valence-electron chi connectivity index (χ3n) is 4.85. The fraction of sp³-hybridized carbons (Fsp3) is 0.174. The molecule has 3 aromatic rings. The highest BCUT2D eigenvalue weighted by atomic mass is 35.5. The second-order valence-electron chi connectivity index (χ2n) is 7.18. The van der Waals surface area contributed by atoms with Gasteiger partial charge in [-0.2, -0.15) is 0 Å². The summed E-state index contributed by atoms with van der Waals surface area (Å²) in [4.78, 5) is 12.3. The minimum absolute atomic E-state index is 0.0131. The van der Waals surface area contributed by atoms with Gasteiger partial charge < -0.3 is 5.32 Å². The van der Waals surface area contributed by atoms with Gasteiger partial charge in [0.1, 0.15) is 10.7 Å². The smallest absolute Gasteiger partial charge is 0.263 e. The Kier molecular flexibility index (Phi) is 6.97. The van der Waals surface area contributed by atoms with Gasteiger partial charge in [-0.25, -0.2) is 12.8 Å². The van der Waals surface area contributed by atoms with Crippen molar-refractivity contribution in [2.24, 2.45) is 0 Å².